The van der Waals surface area contributed by atoms with E-state index in [4.69, 9.17) is 8.94 Å². The summed E-state index contributed by atoms with van der Waals surface area (Å²) in [7, 11) is -4.07. The van der Waals surface area contributed by atoms with E-state index in [-0.39, 0.29) is 59.8 Å². The summed E-state index contributed by atoms with van der Waals surface area (Å²) in [6.45, 7) is 4.88. The molecule has 2 aromatic heterocycles. The van der Waals surface area contributed by atoms with Crippen LogP contribution in [0.2, 0.25) is 0 Å². The third-order valence-electron chi connectivity index (χ3n) is 4.38. The lowest BCUT2D eigenvalue weighted by atomic mass is 10.2. The largest absolute Gasteiger partial charge is 0.478 e. The fourth-order valence-corrected chi connectivity index (χ4v) is 4.90. The summed E-state index contributed by atoms with van der Waals surface area (Å²) in [5, 5.41) is 13.0. The molecular formula is C16H19N3O7S. The summed E-state index contributed by atoms with van der Waals surface area (Å²) >= 11 is 0. The fourth-order valence-electron chi connectivity index (χ4n) is 3.10. The number of carbonyl (C=O) groups excluding carboxylic acids is 1. The van der Waals surface area contributed by atoms with E-state index in [2.05, 4.69) is 5.16 Å². The molecule has 27 heavy (non-hydrogen) atoms. The number of carbonyl (C=O) groups is 2. The summed E-state index contributed by atoms with van der Waals surface area (Å²) in [4.78, 5) is 25.0. The van der Waals surface area contributed by atoms with Crippen molar-refractivity contribution in [3.05, 3.63) is 34.6 Å². The Balaban J connectivity index is 1.80. The number of piperazine rings is 1. The number of carboxylic acid groups (broad SMARTS) is 1. The number of aryl methyl sites for hydroxylation is 3. The first kappa shape index (κ1) is 19.1. The number of rotatable bonds is 4. The van der Waals surface area contributed by atoms with Gasteiger partial charge in [-0.25, -0.2) is 13.2 Å². The zero-order chi connectivity index (χ0) is 19.9. The highest BCUT2D eigenvalue weighted by molar-refractivity contribution is 7.89. The van der Waals surface area contributed by atoms with Crippen LogP contribution in [-0.2, 0) is 10.0 Å². The summed E-state index contributed by atoms with van der Waals surface area (Å²) < 4.78 is 37.3. The summed E-state index contributed by atoms with van der Waals surface area (Å²) in [5.74, 6) is -1.57. The van der Waals surface area contributed by atoms with Gasteiger partial charge in [-0.05, 0) is 20.8 Å². The lowest BCUT2D eigenvalue weighted by molar-refractivity contribution is 0.0656. The first-order chi connectivity index (χ1) is 12.6. The monoisotopic (exact) mass is 397 g/mol. The second-order valence-electron chi connectivity index (χ2n) is 6.25. The molecule has 0 aliphatic carbocycles. The van der Waals surface area contributed by atoms with Crippen molar-refractivity contribution in [1.82, 2.24) is 14.4 Å². The molecule has 1 amide bonds. The number of sulfonamides is 1. The SMILES string of the molecule is Cc1cc(C(=O)N2CCN(S(=O)(=O)c3c(C)oc(C)c3C(=O)O)CC2)on1. The molecule has 0 unspecified atom stereocenters. The van der Waals surface area contributed by atoms with Gasteiger partial charge in [-0.3, -0.25) is 4.79 Å². The van der Waals surface area contributed by atoms with Crippen LogP contribution in [0, 0.1) is 20.8 Å². The van der Waals surface area contributed by atoms with Crippen molar-refractivity contribution in [1.29, 1.82) is 0 Å². The Labute approximate surface area is 155 Å². The Hall–Kier alpha value is -2.66. The van der Waals surface area contributed by atoms with E-state index < -0.39 is 16.0 Å². The zero-order valence-corrected chi connectivity index (χ0v) is 15.9. The molecule has 3 heterocycles. The number of aromatic nitrogens is 1. The molecule has 1 saturated heterocycles. The van der Waals surface area contributed by atoms with Crippen LogP contribution in [-0.4, -0.2) is 65.9 Å². The lowest BCUT2D eigenvalue weighted by Crippen LogP contribution is -2.50. The van der Waals surface area contributed by atoms with Gasteiger partial charge < -0.3 is 18.9 Å². The molecule has 3 rings (SSSR count). The fraction of sp³-hybridized carbons (Fsp3) is 0.438. The van der Waals surface area contributed by atoms with Gasteiger partial charge in [0, 0.05) is 32.2 Å². The molecule has 1 N–H and O–H groups in total. The molecular weight excluding hydrogens is 378 g/mol. The molecule has 0 spiro atoms. The molecule has 0 bridgehead atoms. The van der Waals surface area contributed by atoms with E-state index in [1.165, 1.54) is 24.8 Å². The predicted molar refractivity (Wildman–Crippen MR) is 91.0 cm³/mol. The second-order valence-corrected chi connectivity index (χ2v) is 8.13. The lowest BCUT2D eigenvalue weighted by Gasteiger charge is -2.33. The topological polar surface area (TPSA) is 134 Å². The van der Waals surface area contributed by atoms with Crippen LogP contribution in [0.25, 0.3) is 0 Å². The Morgan fingerprint density at radius 1 is 1.11 bits per heavy atom. The smallest absolute Gasteiger partial charge is 0.340 e. The first-order valence-electron chi connectivity index (χ1n) is 8.19. The van der Waals surface area contributed by atoms with Crippen LogP contribution in [0.4, 0.5) is 0 Å². The summed E-state index contributed by atoms with van der Waals surface area (Å²) in [6, 6.07) is 1.52. The number of hydrogen-bond donors (Lipinski definition) is 1. The second kappa shape index (κ2) is 6.82. The van der Waals surface area contributed by atoms with Gasteiger partial charge in [0.25, 0.3) is 5.91 Å². The quantitative estimate of drug-likeness (QED) is 0.809. The Morgan fingerprint density at radius 3 is 2.26 bits per heavy atom. The maximum absolute atomic E-state index is 13.0. The van der Waals surface area contributed by atoms with Crippen molar-refractivity contribution in [3.63, 3.8) is 0 Å². The number of nitrogens with zero attached hydrogens (tertiary/aromatic N) is 3. The van der Waals surface area contributed by atoms with Gasteiger partial charge in [-0.15, -0.1) is 0 Å². The number of furan rings is 1. The third-order valence-corrected chi connectivity index (χ3v) is 6.43. The van der Waals surface area contributed by atoms with Crippen molar-refractivity contribution < 1.29 is 32.1 Å². The van der Waals surface area contributed by atoms with E-state index in [9.17, 15) is 23.1 Å². The average molecular weight is 397 g/mol. The Morgan fingerprint density at radius 2 is 1.74 bits per heavy atom. The first-order valence-corrected chi connectivity index (χ1v) is 9.63. The molecule has 0 aromatic carbocycles. The minimum atomic E-state index is -4.07. The van der Waals surface area contributed by atoms with Crippen molar-refractivity contribution in [2.75, 3.05) is 26.2 Å². The molecule has 10 nitrogen and oxygen atoms in total. The van der Waals surface area contributed by atoms with Crippen molar-refractivity contribution in [2.24, 2.45) is 0 Å². The number of amides is 1. The standard InChI is InChI=1S/C16H19N3O7S/c1-9-8-12(26-17-9)15(20)18-4-6-19(7-5-18)27(23,24)14-11(3)25-10(2)13(14)16(21)22/h8H,4-7H2,1-3H3,(H,21,22). The van der Waals surface area contributed by atoms with E-state index in [0.29, 0.717) is 5.69 Å². The maximum atomic E-state index is 13.0. The summed E-state index contributed by atoms with van der Waals surface area (Å²) in [5.41, 5.74) is 0.217. The highest BCUT2D eigenvalue weighted by Crippen LogP contribution is 2.30. The van der Waals surface area contributed by atoms with Gasteiger partial charge in [-0.1, -0.05) is 5.16 Å². The minimum absolute atomic E-state index is 0.0283. The number of hydrogen-bond acceptors (Lipinski definition) is 7. The third kappa shape index (κ3) is 3.35. The molecule has 2 aromatic rings. The van der Waals surface area contributed by atoms with Crippen LogP contribution in [0.5, 0.6) is 0 Å². The van der Waals surface area contributed by atoms with E-state index in [0.717, 1.165) is 4.31 Å². The highest BCUT2D eigenvalue weighted by Gasteiger charge is 2.37. The molecule has 1 aliphatic heterocycles. The number of aromatic carboxylic acids is 1. The molecule has 0 radical (unpaired) electrons. The minimum Gasteiger partial charge on any atom is -0.478 e. The average Bonchev–Trinajstić information content (AvgIpc) is 3.17. The van der Waals surface area contributed by atoms with Crippen LogP contribution in [0.3, 0.4) is 0 Å². The molecule has 0 saturated carbocycles. The van der Waals surface area contributed by atoms with Gasteiger partial charge in [0.15, 0.2) is 0 Å². The molecule has 11 heteroatoms. The van der Waals surface area contributed by atoms with Gasteiger partial charge >= 0.3 is 5.97 Å². The van der Waals surface area contributed by atoms with E-state index >= 15 is 0 Å². The van der Waals surface area contributed by atoms with Crippen LogP contribution in [0.1, 0.15) is 38.1 Å². The Bertz CT molecular complexity index is 997. The van der Waals surface area contributed by atoms with Crippen LogP contribution in [0.15, 0.2) is 19.9 Å². The van der Waals surface area contributed by atoms with Gasteiger partial charge in [0.05, 0.1) is 5.69 Å². The zero-order valence-electron chi connectivity index (χ0n) is 15.1. The van der Waals surface area contributed by atoms with Gasteiger partial charge in [0.2, 0.25) is 15.8 Å². The van der Waals surface area contributed by atoms with Crippen LogP contribution < -0.4 is 0 Å². The van der Waals surface area contributed by atoms with Crippen molar-refractivity contribution in [2.45, 2.75) is 25.7 Å². The molecule has 0 atom stereocenters. The van der Waals surface area contributed by atoms with Crippen molar-refractivity contribution in [3.8, 4) is 0 Å². The maximum Gasteiger partial charge on any atom is 0.340 e. The highest BCUT2D eigenvalue weighted by atomic mass is 32.2. The predicted octanol–water partition coefficient (Wildman–Crippen LogP) is 1.04. The Kier molecular flexibility index (Phi) is 4.82. The van der Waals surface area contributed by atoms with Crippen molar-refractivity contribution >= 4 is 21.9 Å². The molecule has 1 fully saturated rings. The molecule has 146 valence electrons. The number of carboxylic acids is 1. The van der Waals surface area contributed by atoms with Gasteiger partial charge in [0.1, 0.15) is 22.0 Å². The molecule has 1 aliphatic rings. The van der Waals surface area contributed by atoms with Gasteiger partial charge in [-0.2, -0.15) is 4.31 Å². The summed E-state index contributed by atoms with van der Waals surface area (Å²) in [6.07, 6.45) is 0. The van der Waals surface area contributed by atoms with Crippen LogP contribution >= 0.6 is 0 Å². The van der Waals surface area contributed by atoms with E-state index in [1.54, 1.807) is 6.92 Å². The normalized spacial score (nSPS) is 15.9. The van der Waals surface area contributed by atoms with E-state index in [1.807, 2.05) is 0 Å².